The van der Waals surface area contributed by atoms with Crippen molar-refractivity contribution >= 4 is 138 Å². The van der Waals surface area contributed by atoms with Crippen molar-refractivity contribution in [1.82, 2.24) is 0 Å². The number of benzene rings is 12. The Labute approximate surface area is 468 Å². The average Bonchev–Trinajstić information content (AvgIpc) is 2.98. The van der Waals surface area contributed by atoms with Crippen LogP contribution in [0.4, 0.5) is 96.7 Å². The normalized spacial score (nSPS) is 12.6. The molecule has 1 radical (unpaired) electrons. The molecule has 3 heterocycles. The molecule has 15 rings (SSSR count). The van der Waals surface area contributed by atoms with Gasteiger partial charge in [-0.1, -0.05) is 181 Å². The summed E-state index contributed by atoms with van der Waals surface area (Å²) in [6.07, 6.45) is 0. The molecule has 12 aromatic carbocycles. The molecule has 1 N–H and O–H groups in total. The zero-order valence-electron chi connectivity index (χ0n) is 43.8. The topological polar surface area (TPSA) is 28.2 Å². The fourth-order valence-corrected chi connectivity index (χ4v) is 12.3. The van der Waals surface area contributed by atoms with Crippen molar-refractivity contribution < 1.29 is 0 Å². The summed E-state index contributed by atoms with van der Waals surface area (Å²) in [5, 5.41) is 3.94. The van der Waals surface area contributed by atoms with Crippen molar-refractivity contribution in [2.75, 3.05) is 29.8 Å². The minimum absolute atomic E-state index is 0.144. The predicted molar refractivity (Wildman–Crippen MR) is 339 cm³/mol. The van der Waals surface area contributed by atoms with Crippen molar-refractivity contribution in [2.45, 2.75) is 0 Å². The van der Waals surface area contributed by atoms with Crippen LogP contribution < -0.4 is 57.1 Å². The Balaban J connectivity index is 1.04. The molecule has 0 aliphatic carbocycles. The van der Waals surface area contributed by atoms with E-state index in [0.29, 0.717) is 0 Å². The van der Waals surface area contributed by atoms with Crippen molar-refractivity contribution in [3.8, 4) is 0 Å². The second kappa shape index (κ2) is 19.9. The number of nitrogens with zero attached hydrogens (tertiary/aromatic N) is 5. The summed E-state index contributed by atoms with van der Waals surface area (Å²) in [6.45, 7) is -0.144. The Kier molecular flexibility index (Phi) is 11.6. The molecule has 0 aromatic heterocycles. The van der Waals surface area contributed by atoms with E-state index in [4.69, 9.17) is 0 Å². The highest BCUT2D eigenvalue weighted by Gasteiger charge is 2.45. The van der Waals surface area contributed by atoms with Crippen LogP contribution in [0.15, 0.2) is 303 Å². The number of hydrogen-bond acceptors (Lipinski definition) is 6. The van der Waals surface area contributed by atoms with Gasteiger partial charge in [-0.2, -0.15) is 0 Å². The van der Waals surface area contributed by atoms with E-state index in [-0.39, 0.29) is 6.71 Å². The van der Waals surface area contributed by atoms with Crippen molar-refractivity contribution in [3.63, 3.8) is 0 Å². The summed E-state index contributed by atoms with van der Waals surface area (Å²) in [7, 11) is 2.38. The number of nitrogens with one attached hydrogen (secondary N) is 1. The first-order valence-corrected chi connectivity index (χ1v) is 27.4. The van der Waals surface area contributed by atoms with E-state index < -0.39 is 0 Å². The highest BCUT2D eigenvalue weighted by molar-refractivity contribution is 7.00. The van der Waals surface area contributed by atoms with Gasteiger partial charge < -0.3 is 29.8 Å². The Hall–Kier alpha value is -10.4. The van der Waals surface area contributed by atoms with Crippen LogP contribution in [0.25, 0.3) is 0 Å². The van der Waals surface area contributed by atoms with Gasteiger partial charge in [0, 0.05) is 79.6 Å². The summed E-state index contributed by atoms with van der Waals surface area (Å²) < 4.78 is 0. The minimum atomic E-state index is -0.144. The standard InChI is InChI=1S/C72H51B2N6/c1-8-26-52(27-9-1)76(53-28-10-2-11-29-53)59-44-51-45-60(46-59)78(56-34-16-5-17-35-56)68-50-69-65(49-63(68)73-62-40-22-24-42-66(62)75-51)74-64-41-23-25-43-67(64)79(57-36-18-6-19-37-57)70-47-61(48-71(72(70)74)80(69)58-38-20-7-21-39-58)77(54-30-12-3-13-31-54)55-32-14-4-15-33-55/h1-50,75H. The maximum absolute atomic E-state index is 3.94. The van der Waals surface area contributed by atoms with Crippen LogP contribution in [0.3, 0.4) is 0 Å². The molecule has 80 heavy (non-hydrogen) atoms. The second-order valence-electron chi connectivity index (χ2n) is 20.5. The molecule has 0 spiro atoms. The van der Waals surface area contributed by atoms with Gasteiger partial charge in [-0.25, -0.2) is 0 Å². The fraction of sp³-hybridized carbons (Fsp3) is 0. The SMILES string of the molecule is [B]1c2ccccc2Nc2cc(N(c3ccccc3)c3ccccc3)cc(c2)N(c2ccccc2)c2cc3c(cc21)B1c2ccccc2N(c2ccccc2)c2cc(N(c4ccccc4)c4ccccc4)cc(c21)N3c1ccccc1. The van der Waals surface area contributed by atoms with Gasteiger partial charge in [0.05, 0.1) is 17.1 Å². The molecular weight excluding hydrogens is 970 g/mol. The molecule has 375 valence electrons. The van der Waals surface area contributed by atoms with Gasteiger partial charge in [0.25, 0.3) is 6.71 Å². The zero-order chi connectivity index (χ0) is 52.9. The number of anilines is 17. The smallest absolute Gasteiger partial charge is 0.252 e. The third kappa shape index (κ3) is 8.16. The van der Waals surface area contributed by atoms with Crippen molar-refractivity contribution in [2.24, 2.45) is 0 Å². The van der Waals surface area contributed by atoms with Crippen LogP contribution in [-0.2, 0) is 0 Å². The molecule has 0 saturated heterocycles. The lowest BCUT2D eigenvalue weighted by Gasteiger charge is -2.45. The van der Waals surface area contributed by atoms with E-state index >= 15 is 0 Å². The molecule has 12 aromatic rings. The molecule has 8 heteroatoms. The fourth-order valence-electron chi connectivity index (χ4n) is 12.3. The highest BCUT2D eigenvalue weighted by atomic mass is 15.2. The molecule has 0 saturated carbocycles. The molecule has 6 nitrogen and oxygen atoms in total. The van der Waals surface area contributed by atoms with Gasteiger partial charge >= 0.3 is 0 Å². The third-order valence-electron chi connectivity index (χ3n) is 15.7. The van der Waals surface area contributed by atoms with Crippen LogP contribution in [0.5, 0.6) is 0 Å². The first-order valence-electron chi connectivity index (χ1n) is 27.4. The van der Waals surface area contributed by atoms with E-state index in [1.807, 2.05) is 0 Å². The third-order valence-corrected chi connectivity index (χ3v) is 15.7. The summed E-state index contributed by atoms with van der Waals surface area (Å²) in [6, 6.07) is 110. The number of para-hydroxylation sites is 9. The number of rotatable bonds is 9. The second-order valence-corrected chi connectivity index (χ2v) is 20.5. The van der Waals surface area contributed by atoms with E-state index in [9.17, 15) is 0 Å². The lowest BCUT2D eigenvalue weighted by Crippen LogP contribution is -2.62. The maximum Gasteiger partial charge on any atom is 0.252 e. The maximum atomic E-state index is 3.94. The van der Waals surface area contributed by atoms with Gasteiger partial charge in [0.1, 0.15) is 0 Å². The molecule has 0 fully saturated rings. The quantitative estimate of drug-likeness (QED) is 0.145. The lowest BCUT2D eigenvalue weighted by atomic mass is 9.33. The first kappa shape index (κ1) is 46.8. The van der Waals surface area contributed by atoms with E-state index in [1.165, 1.54) is 16.4 Å². The Morgan fingerprint density at radius 1 is 0.287 bits per heavy atom. The first-order chi connectivity index (χ1) is 39.7. The van der Waals surface area contributed by atoms with Gasteiger partial charge in [0.15, 0.2) is 7.28 Å². The van der Waals surface area contributed by atoms with E-state index in [0.717, 1.165) is 108 Å². The van der Waals surface area contributed by atoms with Crippen molar-refractivity contribution in [3.05, 3.63) is 303 Å². The van der Waals surface area contributed by atoms with Crippen LogP contribution in [0.1, 0.15) is 0 Å². The summed E-state index contributed by atoms with van der Waals surface area (Å²) in [5.41, 5.74) is 24.0. The molecule has 0 atom stereocenters. The molecule has 3 aliphatic rings. The molecular formula is C72H51B2N6. The van der Waals surface area contributed by atoms with Crippen molar-refractivity contribution in [1.29, 1.82) is 0 Å². The average molecular weight is 1020 g/mol. The zero-order valence-corrected chi connectivity index (χ0v) is 43.8. The Bertz CT molecular complexity index is 4130. The number of hydrogen-bond donors (Lipinski definition) is 1. The monoisotopic (exact) mass is 1020 g/mol. The van der Waals surface area contributed by atoms with Crippen LogP contribution >= 0.6 is 0 Å². The van der Waals surface area contributed by atoms with E-state index in [2.05, 4.69) is 340 Å². The van der Waals surface area contributed by atoms with Gasteiger partial charge in [-0.3, -0.25) is 0 Å². The molecule has 0 unspecified atom stereocenters. The summed E-state index contributed by atoms with van der Waals surface area (Å²) in [5.74, 6) is 0. The molecule has 2 bridgehead atoms. The molecule has 3 aliphatic heterocycles. The van der Waals surface area contributed by atoms with E-state index in [1.54, 1.807) is 0 Å². The van der Waals surface area contributed by atoms with Crippen LogP contribution in [0, 0.1) is 0 Å². The highest BCUT2D eigenvalue weighted by Crippen LogP contribution is 2.50. The summed E-state index contributed by atoms with van der Waals surface area (Å²) >= 11 is 0. The number of fused-ring (bicyclic) bond motifs is 8. The predicted octanol–water partition coefficient (Wildman–Crippen LogP) is 15.9. The summed E-state index contributed by atoms with van der Waals surface area (Å²) in [4.78, 5) is 12.2. The molecule has 0 amide bonds. The van der Waals surface area contributed by atoms with Gasteiger partial charge in [0.2, 0.25) is 0 Å². The van der Waals surface area contributed by atoms with Gasteiger partial charge in [-0.05, 0) is 150 Å². The van der Waals surface area contributed by atoms with Crippen LogP contribution in [-0.4, -0.2) is 14.0 Å². The Morgan fingerprint density at radius 3 is 1.26 bits per heavy atom. The van der Waals surface area contributed by atoms with Crippen LogP contribution in [0.2, 0.25) is 0 Å². The minimum Gasteiger partial charge on any atom is -0.356 e. The largest absolute Gasteiger partial charge is 0.356 e. The Morgan fingerprint density at radius 2 is 0.725 bits per heavy atom. The van der Waals surface area contributed by atoms with Gasteiger partial charge in [-0.15, -0.1) is 0 Å². The lowest BCUT2D eigenvalue weighted by molar-refractivity contribution is 1.22.